The van der Waals surface area contributed by atoms with Gasteiger partial charge in [0, 0.05) is 25.7 Å². The second-order valence-corrected chi connectivity index (χ2v) is 4.75. The fraction of sp³-hybridized carbons (Fsp3) is 0.375. The summed E-state index contributed by atoms with van der Waals surface area (Å²) in [4.78, 5) is 24.7. The number of hydrogen-bond donors (Lipinski definition) is 0. The van der Waals surface area contributed by atoms with Gasteiger partial charge < -0.3 is 19.1 Å². The molecule has 6 nitrogen and oxygen atoms in total. The van der Waals surface area contributed by atoms with Gasteiger partial charge in [-0.15, -0.1) is 0 Å². The summed E-state index contributed by atoms with van der Waals surface area (Å²) >= 11 is 0. The van der Waals surface area contributed by atoms with Crippen LogP contribution in [0.3, 0.4) is 0 Å². The van der Waals surface area contributed by atoms with E-state index in [9.17, 15) is 9.59 Å². The maximum Gasteiger partial charge on any atom is 0.331 e. The Balaban J connectivity index is 2.79. The standard InChI is InChI=1S/C16H21NO5/c1-11(16(19)17(2)3)22-15(18)9-6-12-10-13(20-4)7-8-14(12)21-5/h6-11H,1-5H3/b9-6+/t11-/m1/s1. The highest BCUT2D eigenvalue weighted by molar-refractivity contribution is 5.90. The van der Waals surface area contributed by atoms with E-state index >= 15 is 0 Å². The molecule has 22 heavy (non-hydrogen) atoms. The molecule has 0 saturated heterocycles. The molecule has 0 spiro atoms. The lowest BCUT2D eigenvalue weighted by molar-refractivity contribution is -0.153. The van der Waals surface area contributed by atoms with Crippen LogP contribution in [0.15, 0.2) is 24.3 Å². The lowest BCUT2D eigenvalue weighted by atomic mass is 10.1. The molecule has 0 aromatic heterocycles. The molecule has 120 valence electrons. The van der Waals surface area contributed by atoms with E-state index in [1.54, 1.807) is 45.5 Å². The first kappa shape index (κ1) is 17.6. The average molecular weight is 307 g/mol. The fourth-order valence-corrected chi connectivity index (χ4v) is 1.76. The van der Waals surface area contributed by atoms with Gasteiger partial charge in [-0.2, -0.15) is 0 Å². The van der Waals surface area contributed by atoms with Crippen LogP contribution in [0.25, 0.3) is 6.08 Å². The summed E-state index contributed by atoms with van der Waals surface area (Å²) in [5.41, 5.74) is 0.672. The van der Waals surface area contributed by atoms with Gasteiger partial charge in [-0.25, -0.2) is 4.79 Å². The van der Waals surface area contributed by atoms with E-state index in [0.29, 0.717) is 17.1 Å². The van der Waals surface area contributed by atoms with Gasteiger partial charge in [-0.3, -0.25) is 4.79 Å². The number of rotatable bonds is 6. The van der Waals surface area contributed by atoms with E-state index in [-0.39, 0.29) is 5.91 Å². The Morgan fingerprint density at radius 2 is 1.86 bits per heavy atom. The first-order chi connectivity index (χ1) is 10.4. The maximum atomic E-state index is 11.8. The molecular formula is C16H21NO5. The van der Waals surface area contributed by atoms with Crippen LogP contribution in [0.5, 0.6) is 11.5 Å². The van der Waals surface area contributed by atoms with Gasteiger partial charge in [0.25, 0.3) is 5.91 Å². The zero-order chi connectivity index (χ0) is 16.7. The zero-order valence-corrected chi connectivity index (χ0v) is 13.5. The summed E-state index contributed by atoms with van der Waals surface area (Å²) in [5, 5.41) is 0. The summed E-state index contributed by atoms with van der Waals surface area (Å²) in [6.07, 6.45) is 1.96. The topological polar surface area (TPSA) is 65.1 Å². The second kappa shape index (κ2) is 8.07. The third-order valence-electron chi connectivity index (χ3n) is 2.92. The Labute approximate surface area is 130 Å². The molecule has 0 aliphatic rings. The van der Waals surface area contributed by atoms with Gasteiger partial charge in [0.1, 0.15) is 11.5 Å². The highest BCUT2D eigenvalue weighted by atomic mass is 16.5. The van der Waals surface area contributed by atoms with Gasteiger partial charge in [0.15, 0.2) is 6.10 Å². The molecule has 1 aromatic rings. The van der Waals surface area contributed by atoms with Crippen molar-refractivity contribution >= 4 is 18.0 Å². The van der Waals surface area contributed by atoms with E-state index < -0.39 is 12.1 Å². The Morgan fingerprint density at radius 3 is 2.41 bits per heavy atom. The number of amides is 1. The highest BCUT2D eigenvalue weighted by Gasteiger charge is 2.18. The highest BCUT2D eigenvalue weighted by Crippen LogP contribution is 2.25. The van der Waals surface area contributed by atoms with Crippen molar-refractivity contribution in [3.63, 3.8) is 0 Å². The molecule has 0 fully saturated rings. The van der Waals surface area contributed by atoms with Crippen LogP contribution in [-0.4, -0.2) is 51.2 Å². The van der Waals surface area contributed by atoms with Crippen molar-refractivity contribution in [2.75, 3.05) is 28.3 Å². The van der Waals surface area contributed by atoms with E-state index in [1.807, 2.05) is 0 Å². The van der Waals surface area contributed by atoms with E-state index in [2.05, 4.69) is 0 Å². The lowest BCUT2D eigenvalue weighted by Crippen LogP contribution is -2.34. The van der Waals surface area contributed by atoms with Gasteiger partial charge in [-0.1, -0.05) is 0 Å². The SMILES string of the molecule is COc1ccc(OC)c(/C=C/C(=O)O[C@H](C)C(=O)N(C)C)c1. The smallest absolute Gasteiger partial charge is 0.331 e. The van der Waals surface area contributed by atoms with Crippen molar-refractivity contribution < 1.29 is 23.8 Å². The van der Waals surface area contributed by atoms with Crippen molar-refractivity contribution in [1.82, 2.24) is 4.90 Å². The normalized spacial score (nSPS) is 11.9. The van der Waals surface area contributed by atoms with Crippen LogP contribution < -0.4 is 9.47 Å². The Kier molecular flexibility index (Phi) is 6.44. The number of carbonyl (C=O) groups is 2. The van der Waals surface area contributed by atoms with Crippen LogP contribution in [0, 0.1) is 0 Å². The lowest BCUT2D eigenvalue weighted by Gasteiger charge is -2.16. The molecule has 6 heteroatoms. The third kappa shape index (κ3) is 4.80. The van der Waals surface area contributed by atoms with Crippen molar-refractivity contribution in [3.05, 3.63) is 29.8 Å². The molecule has 0 bridgehead atoms. The first-order valence-electron chi connectivity index (χ1n) is 6.71. The van der Waals surface area contributed by atoms with Crippen LogP contribution in [0.1, 0.15) is 12.5 Å². The number of esters is 1. The van der Waals surface area contributed by atoms with Gasteiger partial charge in [0.05, 0.1) is 14.2 Å². The summed E-state index contributed by atoms with van der Waals surface area (Å²) in [5.74, 6) is 0.362. The number of likely N-dealkylation sites (N-methyl/N-ethyl adjacent to an activating group) is 1. The second-order valence-electron chi connectivity index (χ2n) is 4.75. The summed E-state index contributed by atoms with van der Waals surface area (Å²) in [6.45, 7) is 1.53. The molecule has 0 N–H and O–H groups in total. The first-order valence-corrected chi connectivity index (χ1v) is 6.71. The van der Waals surface area contributed by atoms with E-state index in [4.69, 9.17) is 14.2 Å². The number of methoxy groups -OCH3 is 2. The van der Waals surface area contributed by atoms with Crippen LogP contribution in [0.4, 0.5) is 0 Å². The Bertz CT molecular complexity index is 566. The number of carbonyl (C=O) groups excluding carboxylic acids is 2. The summed E-state index contributed by atoms with van der Waals surface area (Å²) < 4.78 is 15.4. The fourth-order valence-electron chi connectivity index (χ4n) is 1.76. The Morgan fingerprint density at radius 1 is 1.18 bits per heavy atom. The molecule has 1 amide bonds. The third-order valence-corrected chi connectivity index (χ3v) is 2.92. The average Bonchev–Trinajstić information content (AvgIpc) is 2.51. The van der Waals surface area contributed by atoms with Crippen molar-refractivity contribution in [3.8, 4) is 11.5 Å². The number of ether oxygens (including phenoxy) is 3. The maximum absolute atomic E-state index is 11.8. The minimum Gasteiger partial charge on any atom is -0.497 e. The molecule has 1 aromatic carbocycles. The minimum absolute atomic E-state index is 0.277. The molecule has 1 rings (SSSR count). The Hall–Kier alpha value is -2.50. The molecule has 0 heterocycles. The van der Waals surface area contributed by atoms with Crippen LogP contribution in [0.2, 0.25) is 0 Å². The van der Waals surface area contributed by atoms with Gasteiger partial charge in [0.2, 0.25) is 0 Å². The van der Waals surface area contributed by atoms with E-state index in [0.717, 1.165) is 0 Å². The van der Waals surface area contributed by atoms with Gasteiger partial charge >= 0.3 is 5.97 Å². The molecule has 0 aliphatic carbocycles. The summed E-state index contributed by atoms with van der Waals surface area (Å²) in [7, 11) is 6.29. The molecular weight excluding hydrogens is 286 g/mol. The van der Waals surface area contributed by atoms with Crippen LogP contribution >= 0.6 is 0 Å². The predicted molar refractivity (Wildman–Crippen MR) is 82.8 cm³/mol. The van der Waals surface area contributed by atoms with E-state index in [1.165, 1.54) is 25.0 Å². The number of benzene rings is 1. The number of nitrogens with zero attached hydrogens (tertiary/aromatic N) is 1. The molecule has 0 radical (unpaired) electrons. The summed E-state index contributed by atoms with van der Waals surface area (Å²) in [6, 6.07) is 5.23. The molecule has 0 aliphatic heterocycles. The molecule has 1 atom stereocenters. The van der Waals surface area contributed by atoms with Crippen molar-refractivity contribution in [2.24, 2.45) is 0 Å². The van der Waals surface area contributed by atoms with Crippen LogP contribution in [-0.2, 0) is 14.3 Å². The predicted octanol–water partition coefficient (Wildman–Crippen LogP) is 1.74. The minimum atomic E-state index is -0.834. The van der Waals surface area contributed by atoms with Crippen molar-refractivity contribution in [2.45, 2.75) is 13.0 Å². The molecule has 0 unspecified atom stereocenters. The molecule has 0 saturated carbocycles. The quantitative estimate of drug-likeness (QED) is 0.591. The largest absolute Gasteiger partial charge is 0.497 e. The number of hydrogen-bond acceptors (Lipinski definition) is 5. The van der Waals surface area contributed by atoms with Crippen molar-refractivity contribution in [1.29, 1.82) is 0 Å². The monoisotopic (exact) mass is 307 g/mol. The van der Waals surface area contributed by atoms with Gasteiger partial charge in [-0.05, 0) is 31.2 Å². The zero-order valence-electron chi connectivity index (χ0n) is 13.5.